The van der Waals surface area contributed by atoms with Crippen molar-refractivity contribution in [1.29, 1.82) is 0 Å². The van der Waals surface area contributed by atoms with Gasteiger partial charge in [0.2, 0.25) is 0 Å². The van der Waals surface area contributed by atoms with E-state index in [0.717, 1.165) is 36.1 Å². The van der Waals surface area contributed by atoms with Gasteiger partial charge in [0.25, 0.3) is 0 Å². The molecule has 4 rings (SSSR count). The van der Waals surface area contributed by atoms with Crippen molar-refractivity contribution in [1.82, 2.24) is 9.97 Å². The van der Waals surface area contributed by atoms with Gasteiger partial charge < -0.3 is 10.2 Å². The quantitative estimate of drug-likeness (QED) is 0.900. The Morgan fingerprint density at radius 3 is 2.38 bits per heavy atom. The van der Waals surface area contributed by atoms with E-state index in [1.165, 1.54) is 44.9 Å². The van der Waals surface area contributed by atoms with Crippen LogP contribution < -0.4 is 10.2 Å². The highest BCUT2D eigenvalue weighted by Crippen LogP contribution is 2.27. The van der Waals surface area contributed by atoms with Crippen LogP contribution in [-0.2, 0) is 0 Å². The molecular weight excluding hydrogens is 296 g/mol. The zero-order valence-corrected chi connectivity index (χ0v) is 14.2. The van der Waals surface area contributed by atoms with Crippen LogP contribution in [0, 0.1) is 0 Å². The predicted molar refractivity (Wildman–Crippen MR) is 99.4 cm³/mol. The van der Waals surface area contributed by atoms with E-state index in [1.807, 2.05) is 6.07 Å². The van der Waals surface area contributed by atoms with Crippen LogP contribution in [0.3, 0.4) is 0 Å². The van der Waals surface area contributed by atoms with E-state index in [-0.39, 0.29) is 0 Å². The maximum absolute atomic E-state index is 4.85. The minimum Gasteiger partial charge on any atom is -0.367 e. The van der Waals surface area contributed by atoms with E-state index in [2.05, 4.69) is 40.5 Å². The van der Waals surface area contributed by atoms with Crippen molar-refractivity contribution in [3.8, 4) is 11.4 Å². The zero-order chi connectivity index (χ0) is 16.2. The van der Waals surface area contributed by atoms with Crippen molar-refractivity contribution in [3.05, 3.63) is 36.4 Å². The van der Waals surface area contributed by atoms with Gasteiger partial charge in [-0.15, -0.1) is 0 Å². The minimum atomic E-state index is 0.559. The van der Waals surface area contributed by atoms with Crippen LogP contribution in [0.2, 0.25) is 0 Å². The SMILES string of the molecule is c1ccc(-c2nc(NC3CCCCC3)cc(N3CCCC3)n2)cc1. The second kappa shape index (κ2) is 7.20. The molecule has 0 radical (unpaired) electrons. The second-order valence-corrected chi connectivity index (χ2v) is 6.97. The first-order valence-corrected chi connectivity index (χ1v) is 9.34. The number of hydrogen-bond acceptors (Lipinski definition) is 4. The molecular formula is C20H26N4. The molecule has 1 N–H and O–H groups in total. The summed E-state index contributed by atoms with van der Waals surface area (Å²) in [5.41, 5.74) is 1.09. The standard InChI is InChI=1S/C20H26N4/c1-3-9-16(10-4-1)20-22-18(21-17-11-5-2-6-12-17)15-19(23-20)24-13-7-8-14-24/h1,3-4,9-10,15,17H,2,5-8,11-14H2,(H,21,22,23). The molecule has 0 unspecified atom stereocenters. The summed E-state index contributed by atoms with van der Waals surface area (Å²) in [5, 5.41) is 3.68. The van der Waals surface area contributed by atoms with Crippen molar-refractivity contribution in [2.24, 2.45) is 0 Å². The number of nitrogens with one attached hydrogen (secondary N) is 1. The molecule has 1 aromatic heterocycles. The van der Waals surface area contributed by atoms with Crippen LogP contribution in [0.4, 0.5) is 11.6 Å². The molecule has 2 heterocycles. The molecule has 2 aromatic rings. The third kappa shape index (κ3) is 3.53. The number of anilines is 2. The lowest BCUT2D eigenvalue weighted by Crippen LogP contribution is -2.24. The first kappa shape index (κ1) is 15.4. The molecule has 1 saturated carbocycles. The van der Waals surface area contributed by atoms with Crippen molar-refractivity contribution in [2.75, 3.05) is 23.3 Å². The van der Waals surface area contributed by atoms with Gasteiger partial charge in [-0.2, -0.15) is 0 Å². The van der Waals surface area contributed by atoms with Crippen LogP contribution in [0.5, 0.6) is 0 Å². The molecule has 1 aromatic carbocycles. The fourth-order valence-corrected chi connectivity index (χ4v) is 3.79. The first-order valence-electron chi connectivity index (χ1n) is 9.34. The monoisotopic (exact) mass is 322 g/mol. The van der Waals surface area contributed by atoms with Gasteiger partial charge in [-0.1, -0.05) is 49.6 Å². The molecule has 1 saturated heterocycles. The molecule has 4 heteroatoms. The average Bonchev–Trinajstić information content (AvgIpc) is 3.18. The number of benzene rings is 1. The largest absolute Gasteiger partial charge is 0.367 e. The van der Waals surface area contributed by atoms with Crippen molar-refractivity contribution >= 4 is 11.6 Å². The Morgan fingerprint density at radius 1 is 0.875 bits per heavy atom. The summed E-state index contributed by atoms with van der Waals surface area (Å²) in [6, 6.07) is 13.0. The van der Waals surface area contributed by atoms with Crippen LogP contribution in [-0.4, -0.2) is 29.1 Å². The highest BCUT2D eigenvalue weighted by Gasteiger charge is 2.18. The lowest BCUT2D eigenvalue weighted by molar-refractivity contribution is 0.462. The Kier molecular flexibility index (Phi) is 4.63. The number of hydrogen-bond donors (Lipinski definition) is 1. The summed E-state index contributed by atoms with van der Waals surface area (Å²) < 4.78 is 0. The summed E-state index contributed by atoms with van der Waals surface area (Å²) in [6.07, 6.45) is 9.05. The van der Waals surface area contributed by atoms with Gasteiger partial charge in [0, 0.05) is 30.8 Å². The van der Waals surface area contributed by atoms with Crippen LogP contribution in [0.1, 0.15) is 44.9 Å². The molecule has 0 bridgehead atoms. The van der Waals surface area contributed by atoms with E-state index in [1.54, 1.807) is 0 Å². The summed E-state index contributed by atoms with van der Waals surface area (Å²) >= 11 is 0. The lowest BCUT2D eigenvalue weighted by atomic mass is 9.95. The highest BCUT2D eigenvalue weighted by molar-refractivity contribution is 5.62. The predicted octanol–water partition coefficient (Wildman–Crippen LogP) is 4.49. The Morgan fingerprint density at radius 2 is 1.62 bits per heavy atom. The maximum Gasteiger partial charge on any atom is 0.163 e. The third-order valence-electron chi connectivity index (χ3n) is 5.13. The van der Waals surface area contributed by atoms with E-state index in [9.17, 15) is 0 Å². The van der Waals surface area contributed by atoms with Crippen LogP contribution in [0.25, 0.3) is 11.4 Å². The van der Waals surface area contributed by atoms with E-state index >= 15 is 0 Å². The van der Waals surface area contributed by atoms with Gasteiger partial charge in [-0.25, -0.2) is 9.97 Å². The Balaban J connectivity index is 1.65. The smallest absolute Gasteiger partial charge is 0.163 e. The molecule has 0 atom stereocenters. The summed E-state index contributed by atoms with van der Waals surface area (Å²) in [6.45, 7) is 2.21. The summed E-state index contributed by atoms with van der Waals surface area (Å²) in [5.74, 6) is 2.88. The van der Waals surface area contributed by atoms with Gasteiger partial charge in [0.15, 0.2) is 5.82 Å². The van der Waals surface area contributed by atoms with E-state index in [0.29, 0.717) is 6.04 Å². The second-order valence-electron chi connectivity index (χ2n) is 6.97. The molecule has 126 valence electrons. The average molecular weight is 322 g/mol. The summed E-state index contributed by atoms with van der Waals surface area (Å²) in [7, 11) is 0. The van der Waals surface area contributed by atoms with Gasteiger partial charge in [0.1, 0.15) is 11.6 Å². The molecule has 1 aliphatic heterocycles. The fraction of sp³-hybridized carbons (Fsp3) is 0.500. The maximum atomic E-state index is 4.85. The fourth-order valence-electron chi connectivity index (χ4n) is 3.79. The minimum absolute atomic E-state index is 0.559. The molecule has 4 nitrogen and oxygen atoms in total. The Hall–Kier alpha value is -2.10. The number of nitrogens with zero attached hydrogens (tertiary/aromatic N) is 3. The first-order chi connectivity index (χ1) is 11.9. The van der Waals surface area contributed by atoms with Crippen LogP contribution >= 0.6 is 0 Å². The lowest BCUT2D eigenvalue weighted by Gasteiger charge is -2.24. The highest BCUT2D eigenvalue weighted by atomic mass is 15.2. The normalized spacial score (nSPS) is 18.8. The van der Waals surface area contributed by atoms with Gasteiger partial charge >= 0.3 is 0 Å². The molecule has 24 heavy (non-hydrogen) atoms. The molecule has 2 fully saturated rings. The molecule has 2 aliphatic rings. The van der Waals surface area contributed by atoms with E-state index < -0.39 is 0 Å². The van der Waals surface area contributed by atoms with Gasteiger partial charge in [-0.3, -0.25) is 0 Å². The van der Waals surface area contributed by atoms with Crippen LogP contribution in [0.15, 0.2) is 36.4 Å². The Labute approximate surface area is 144 Å². The number of aromatic nitrogens is 2. The summed E-state index contributed by atoms with van der Waals surface area (Å²) in [4.78, 5) is 12.1. The topological polar surface area (TPSA) is 41.1 Å². The third-order valence-corrected chi connectivity index (χ3v) is 5.13. The zero-order valence-electron chi connectivity index (χ0n) is 14.2. The Bertz CT molecular complexity index is 659. The number of rotatable bonds is 4. The molecule has 0 spiro atoms. The van der Waals surface area contributed by atoms with Crippen molar-refractivity contribution in [3.63, 3.8) is 0 Å². The van der Waals surface area contributed by atoms with Crippen molar-refractivity contribution in [2.45, 2.75) is 51.0 Å². The van der Waals surface area contributed by atoms with Crippen molar-refractivity contribution < 1.29 is 0 Å². The van der Waals surface area contributed by atoms with E-state index in [4.69, 9.17) is 9.97 Å². The molecule has 1 aliphatic carbocycles. The molecule has 0 amide bonds. The van der Waals surface area contributed by atoms with Gasteiger partial charge in [0.05, 0.1) is 0 Å². The van der Waals surface area contributed by atoms with Gasteiger partial charge in [-0.05, 0) is 25.7 Å².